The van der Waals surface area contributed by atoms with Gasteiger partial charge in [0.05, 0.1) is 11.9 Å². The normalized spacial score (nSPS) is 19.6. The molecule has 0 aromatic carbocycles. The Labute approximate surface area is 165 Å². The van der Waals surface area contributed by atoms with E-state index in [0.717, 1.165) is 0 Å². The molecule has 152 valence electrons. The molecule has 0 spiro atoms. The number of alkyl halides is 3. The van der Waals surface area contributed by atoms with Gasteiger partial charge in [0.2, 0.25) is 0 Å². The molecule has 1 aliphatic rings. The van der Waals surface area contributed by atoms with Gasteiger partial charge in [-0.2, -0.15) is 18.3 Å². The van der Waals surface area contributed by atoms with Crippen molar-refractivity contribution in [3.05, 3.63) is 51.2 Å². The number of anilines is 1. The van der Waals surface area contributed by atoms with E-state index < -0.39 is 17.8 Å². The molecule has 0 bridgehead atoms. The van der Waals surface area contributed by atoms with Crippen LogP contribution in [-0.4, -0.2) is 51.9 Å². The molecule has 28 heavy (non-hydrogen) atoms. The zero-order chi connectivity index (χ0) is 20.5. The van der Waals surface area contributed by atoms with Crippen molar-refractivity contribution in [2.24, 2.45) is 0 Å². The standard InChI is InChI=1S/C18H21ClF3N5O/c1-3-13-12(5-4-6-23-13)16(18(20,21)22)26-7-8-27(11(2)10-26)14-9-24-25-17(28)15(14)19/h4-6,9,11,16H,3,7-8,10H2,1-2H3,(H,25,28)/t11-,16-/m1/s1. The Morgan fingerprint density at radius 1 is 1.39 bits per heavy atom. The number of halogens is 4. The number of aromatic nitrogens is 3. The van der Waals surface area contributed by atoms with Crippen LogP contribution in [0.5, 0.6) is 0 Å². The topological polar surface area (TPSA) is 65.1 Å². The van der Waals surface area contributed by atoms with E-state index in [1.807, 2.05) is 4.90 Å². The maximum absolute atomic E-state index is 14.0. The van der Waals surface area contributed by atoms with Crippen LogP contribution in [0.3, 0.4) is 0 Å². The van der Waals surface area contributed by atoms with Gasteiger partial charge in [0.15, 0.2) is 0 Å². The summed E-state index contributed by atoms with van der Waals surface area (Å²) in [5.74, 6) is 0. The second kappa shape index (κ2) is 8.08. The van der Waals surface area contributed by atoms with Crippen LogP contribution in [0.2, 0.25) is 5.02 Å². The highest BCUT2D eigenvalue weighted by Crippen LogP contribution is 2.40. The van der Waals surface area contributed by atoms with E-state index in [0.29, 0.717) is 24.3 Å². The van der Waals surface area contributed by atoms with Crippen LogP contribution in [0.15, 0.2) is 29.3 Å². The van der Waals surface area contributed by atoms with Crippen molar-refractivity contribution in [1.29, 1.82) is 0 Å². The fraction of sp³-hybridized carbons (Fsp3) is 0.500. The molecule has 0 aliphatic carbocycles. The van der Waals surface area contributed by atoms with Crippen LogP contribution in [0.25, 0.3) is 0 Å². The molecule has 2 aromatic rings. The average Bonchev–Trinajstić information content (AvgIpc) is 2.64. The van der Waals surface area contributed by atoms with Gasteiger partial charge in [0.25, 0.3) is 5.56 Å². The van der Waals surface area contributed by atoms with Crippen molar-refractivity contribution in [3.8, 4) is 0 Å². The highest BCUT2D eigenvalue weighted by molar-refractivity contribution is 6.33. The van der Waals surface area contributed by atoms with Crippen molar-refractivity contribution >= 4 is 17.3 Å². The van der Waals surface area contributed by atoms with E-state index in [1.54, 1.807) is 13.8 Å². The van der Waals surface area contributed by atoms with E-state index in [1.165, 1.54) is 29.4 Å². The van der Waals surface area contributed by atoms with Gasteiger partial charge in [0.1, 0.15) is 11.1 Å². The van der Waals surface area contributed by atoms with E-state index in [2.05, 4.69) is 15.2 Å². The summed E-state index contributed by atoms with van der Waals surface area (Å²) in [6.45, 7) is 4.21. The van der Waals surface area contributed by atoms with Gasteiger partial charge in [-0.15, -0.1) is 0 Å². The minimum Gasteiger partial charge on any atom is -0.364 e. The maximum atomic E-state index is 14.0. The molecule has 0 radical (unpaired) electrons. The number of H-pyrrole nitrogens is 1. The molecule has 0 unspecified atom stereocenters. The predicted octanol–water partition coefficient (Wildman–Crippen LogP) is 3.19. The van der Waals surface area contributed by atoms with E-state index in [4.69, 9.17) is 11.6 Å². The van der Waals surface area contributed by atoms with Crippen LogP contribution in [0.1, 0.15) is 31.1 Å². The summed E-state index contributed by atoms with van der Waals surface area (Å²) in [5.41, 5.74) is 0.539. The molecule has 3 heterocycles. The summed E-state index contributed by atoms with van der Waals surface area (Å²) in [7, 11) is 0. The quantitative estimate of drug-likeness (QED) is 0.830. The number of rotatable bonds is 4. The molecular formula is C18H21ClF3N5O. The van der Waals surface area contributed by atoms with Crippen molar-refractivity contribution < 1.29 is 13.2 Å². The summed E-state index contributed by atoms with van der Waals surface area (Å²) in [6.07, 6.45) is -1.07. The number of piperazine rings is 1. The largest absolute Gasteiger partial charge is 0.408 e. The fourth-order valence-electron chi connectivity index (χ4n) is 3.73. The number of nitrogens with one attached hydrogen (secondary N) is 1. The minimum absolute atomic E-state index is 0.0109. The number of nitrogens with zero attached hydrogens (tertiary/aromatic N) is 4. The van der Waals surface area contributed by atoms with E-state index in [9.17, 15) is 18.0 Å². The van der Waals surface area contributed by atoms with E-state index in [-0.39, 0.29) is 29.7 Å². The average molecular weight is 416 g/mol. The molecule has 3 rings (SSSR count). The van der Waals surface area contributed by atoms with Crippen molar-refractivity contribution in [1.82, 2.24) is 20.1 Å². The molecular weight excluding hydrogens is 395 g/mol. The van der Waals surface area contributed by atoms with Crippen molar-refractivity contribution in [2.75, 3.05) is 24.5 Å². The molecule has 1 N–H and O–H groups in total. The Kier molecular flexibility index (Phi) is 5.95. The van der Waals surface area contributed by atoms with Crippen LogP contribution >= 0.6 is 11.6 Å². The maximum Gasteiger partial charge on any atom is 0.408 e. The predicted molar refractivity (Wildman–Crippen MR) is 101 cm³/mol. The lowest BCUT2D eigenvalue weighted by atomic mass is 9.99. The van der Waals surface area contributed by atoms with Gasteiger partial charge in [-0.25, -0.2) is 5.10 Å². The third-order valence-electron chi connectivity index (χ3n) is 4.98. The molecule has 10 heteroatoms. The van der Waals surface area contributed by atoms with Gasteiger partial charge in [-0.05, 0) is 25.0 Å². The molecule has 2 atom stereocenters. The molecule has 2 aromatic heterocycles. The fourth-order valence-corrected chi connectivity index (χ4v) is 3.93. The van der Waals surface area contributed by atoms with Gasteiger partial charge >= 0.3 is 6.18 Å². The highest BCUT2D eigenvalue weighted by Gasteiger charge is 2.47. The third-order valence-corrected chi connectivity index (χ3v) is 5.34. The first-order valence-corrected chi connectivity index (χ1v) is 9.36. The lowest BCUT2D eigenvalue weighted by molar-refractivity contribution is -0.188. The number of aryl methyl sites for hydroxylation is 1. The molecule has 1 saturated heterocycles. The first-order valence-electron chi connectivity index (χ1n) is 8.98. The first kappa shape index (κ1) is 20.6. The third kappa shape index (κ3) is 4.00. The number of pyridine rings is 1. The molecule has 0 saturated carbocycles. The second-order valence-corrected chi connectivity index (χ2v) is 7.15. The lowest BCUT2D eigenvalue weighted by Crippen LogP contribution is -2.55. The number of hydrogen-bond donors (Lipinski definition) is 1. The van der Waals surface area contributed by atoms with Gasteiger partial charge in [-0.1, -0.05) is 24.6 Å². The molecule has 1 aliphatic heterocycles. The Morgan fingerprint density at radius 3 is 2.79 bits per heavy atom. The summed E-state index contributed by atoms with van der Waals surface area (Å²) < 4.78 is 42.0. The second-order valence-electron chi connectivity index (χ2n) is 6.77. The zero-order valence-electron chi connectivity index (χ0n) is 15.5. The monoisotopic (exact) mass is 415 g/mol. The number of hydrogen-bond acceptors (Lipinski definition) is 5. The SMILES string of the molecule is CCc1ncccc1[C@@H](N1CCN(c2cn[nH]c(=O)c2Cl)[C@H](C)C1)C(F)(F)F. The Bertz CT molecular complexity index is 888. The first-order chi connectivity index (χ1) is 13.2. The Morgan fingerprint density at radius 2 is 2.14 bits per heavy atom. The van der Waals surface area contributed by atoms with Crippen LogP contribution in [0.4, 0.5) is 18.9 Å². The van der Waals surface area contributed by atoms with Crippen molar-refractivity contribution in [2.45, 2.75) is 38.5 Å². The smallest absolute Gasteiger partial charge is 0.364 e. The van der Waals surface area contributed by atoms with Gasteiger partial charge < -0.3 is 4.90 Å². The summed E-state index contributed by atoms with van der Waals surface area (Å²) in [5, 5.41) is 5.99. The van der Waals surface area contributed by atoms with Gasteiger partial charge in [-0.3, -0.25) is 14.7 Å². The summed E-state index contributed by atoms with van der Waals surface area (Å²) >= 11 is 6.07. The van der Waals surface area contributed by atoms with Crippen molar-refractivity contribution in [3.63, 3.8) is 0 Å². The highest BCUT2D eigenvalue weighted by atomic mass is 35.5. The molecule has 0 amide bonds. The van der Waals surface area contributed by atoms with E-state index >= 15 is 0 Å². The number of aromatic amines is 1. The van der Waals surface area contributed by atoms with Crippen LogP contribution < -0.4 is 10.5 Å². The lowest BCUT2D eigenvalue weighted by Gasteiger charge is -2.44. The Balaban J connectivity index is 1.89. The summed E-state index contributed by atoms with van der Waals surface area (Å²) in [6, 6.07) is 1.02. The van der Waals surface area contributed by atoms with Gasteiger partial charge in [0, 0.05) is 37.6 Å². The zero-order valence-corrected chi connectivity index (χ0v) is 16.3. The Hall–Kier alpha value is -2.13. The minimum atomic E-state index is -4.43. The van der Waals surface area contributed by atoms with Crippen LogP contribution in [0, 0.1) is 0 Å². The summed E-state index contributed by atoms with van der Waals surface area (Å²) in [4.78, 5) is 19.1. The molecule has 1 fully saturated rings. The molecule has 6 nitrogen and oxygen atoms in total. The van der Waals surface area contributed by atoms with Crippen LogP contribution in [-0.2, 0) is 6.42 Å².